The Kier molecular flexibility index (Phi) is 7.05. The molecule has 0 aliphatic rings. The standard InChI is InChI=1S/C32H24F3N5O2/c1-36-18-20-9-13-22(14-10-20)40(31(41)32(33,34)35)23-15-11-21(12-16-23)39-29-17-27(37-19-38-29)26-7-4-6-25-24-5-2-3-8-28(24)42-30(25)26/h2-17,19,36H,18H2,1H3,(H,37,38,39). The summed E-state index contributed by atoms with van der Waals surface area (Å²) in [7, 11) is 1.77. The minimum atomic E-state index is -5.05. The van der Waals surface area contributed by atoms with Crippen LogP contribution in [0.5, 0.6) is 0 Å². The van der Waals surface area contributed by atoms with E-state index in [0.29, 0.717) is 34.2 Å². The third-order valence-electron chi connectivity index (χ3n) is 6.77. The van der Waals surface area contributed by atoms with Crippen LogP contribution in [-0.2, 0) is 11.3 Å². The minimum absolute atomic E-state index is 0.0733. The number of para-hydroxylation sites is 2. The van der Waals surface area contributed by atoms with E-state index >= 15 is 0 Å². The first-order chi connectivity index (χ1) is 20.3. The van der Waals surface area contributed by atoms with Crippen LogP contribution in [0.25, 0.3) is 33.2 Å². The summed E-state index contributed by atoms with van der Waals surface area (Å²) in [5, 5.41) is 8.13. The molecule has 0 fully saturated rings. The molecule has 4 aromatic carbocycles. The molecule has 0 bridgehead atoms. The van der Waals surface area contributed by atoms with E-state index in [9.17, 15) is 18.0 Å². The summed E-state index contributed by atoms with van der Waals surface area (Å²) in [4.78, 5) is 21.8. The van der Waals surface area contributed by atoms with E-state index in [1.54, 1.807) is 37.4 Å². The van der Waals surface area contributed by atoms with Crippen molar-refractivity contribution in [2.24, 2.45) is 0 Å². The van der Waals surface area contributed by atoms with E-state index < -0.39 is 12.1 Å². The second-order valence-electron chi connectivity index (χ2n) is 9.58. The molecule has 0 spiro atoms. The summed E-state index contributed by atoms with van der Waals surface area (Å²) < 4.78 is 46.7. The van der Waals surface area contributed by atoms with Crippen molar-refractivity contribution < 1.29 is 22.4 Å². The molecule has 7 nitrogen and oxygen atoms in total. The SMILES string of the molecule is CNCc1ccc(N(C(=O)C(F)(F)F)c2ccc(Nc3cc(-c4cccc5c4oc4ccccc45)ncn3)cc2)cc1. The van der Waals surface area contributed by atoms with E-state index in [1.165, 1.54) is 30.6 Å². The molecule has 210 valence electrons. The maximum Gasteiger partial charge on any atom is 0.472 e. The molecule has 2 aromatic heterocycles. The van der Waals surface area contributed by atoms with Crippen molar-refractivity contribution in [3.8, 4) is 11.3 Å². The van der Waals surface area contributed by atoms with Crippen LogP contribution in [0.3, 0.4) is 0 Å². The lowest BCUT2D eigenvalue weighted by Gasteiger charge is -2.24. The number of anilines is 4. The summed E-state index contributed by atoms with van der Waals surface area (Å²) in [6.07, 6.45) is -3.63. The number of amides is 1. The van der Waals surface area contributed by atoms with E-state index in [4.69, 9.17) is 4.42 Å². The zero-order valence-electron chi connectivity index (χ0n) is 22.3. The highest BCUT2D eigenvalue weighted by atomic mass is 19.4. The van der Waals surface area contributed by atoms with Crippen molar-refractivity contribution in [3.63, 3.8) is 0 Å². The Morgan fingerprint density at radius 3 is 2.26 bits per heavy atom. The average Bonchev–Trinajstić information content (AvgIpc) is 3.38. The second kappa shape index (κ2) is 11.0. The maximum atomic E-state index is 13.5. The zero-order valence-corrected chi connectivity index (χ0v) is 22.3. The van der Waals surface area contributed by atoms with Crippen LogP contribution in [-0.4, -0.2) is 29.1 Å². The third kappa shape index (κ3) is 5.27. The topological polar surface area (TPSA) is 83.3 Å². The molecular formula is C32H24F3N5O2. The summed E-state index contributed by atoms with van der Waals surface area (Å²) in [5.74, 6) is -1.51. The van der Waals surface area contributed by atoms with Gasteiger partial charge in [-0.25, -0.2) is 9.97 Å². The van der Waals surface area contributed by atoms with Gasteiger partial charge in [-0.3, -0.25) is 9.69 Å². The number of rotatable bonds is 7. The molecule has 10 heteroatoms. The Hall–Kier alpha value is -5.22. The summed E-state index contributed by atoms with van der Waals surface area (Å²) >= 11 is 0. The number of nitrogens with zero attached hydrogens (tertiary/aromatic N) is 3. The summed E-state index contributed by atoms with van der Waals surface area (Å²) in [5.41, 5.74) is 4.54. The number of halogens is 3. The highest BCUT2D eigenvalue weighted by molar-refractivity contribution is 6.09. The molecule has 2 N–H and O–H groups in total. The van der Waals surface area contributed by atoms with Gasteiger partial charge in [0.15, 0.2) is 0 Å². The number of furan rings is 1. The Labute approximate surface area is 238 Å². The molecule has 0 saturated carbocycles. The lowest BCUT2D eigenvalue weighted by molar-refractivity contribution is -0.169. The lowest BCUT2D eigenvalue weighted by Crippen LogP contribution is -2.38. The van der Waals surface area contributed by atoms with Crippen LogP contribution in [0.15, 0.2) is 108 Å². The van der Waals surface area contributed by atoms with Crippen LogP contribution in [0.2, 0.25) is 0 Å². The summed E-state index contributed by atoms with van der Waals surface area (Å²) in [6, 6.07) is 27.8. The minimum Gasteiger partial charge on any atom is -0.455 e. The van der Waals surface area contributed by atoms with Gasteiger partial charge in [0, 0.05) is 46.0 Å². The highest BCUT2D eigenvalue weighted by Crippen LogP contribution is 2.36. The van der Waals surface area contributed by atoms with Crippen molar-refractivity contribution in [2.75, 3.05) is 17.3 Å². The average molecular weight is 568 g/mol. The zero-order chi connectivity index (χ0) is 29.3. The Bertz CT molecular complexity index is 1880. The number of benzene rings is 4. The first-order valence-electron chi connectivity index (χ1n) is 13.1. The normalized spacial score (nSPS) is 11.6. The van der Waals surface area contributed by atoms with Gasteiger partial charge in [0.25, 0.3) is 0 Å². The monoisotopic (exact) mass is 567 g/mol. The molecule has 0 saturated heterocycles. The fourth-order valence-corrected chi connectivity index (χ4v) is 4.84. The third-order valence-corrected chi connectivity index (χ3v) is 6.77. The fourth-order valence-electron chi connectivity index (χ4n) is 4.84. The van der Waals surface area contributed by atoms with Gasteiger partial charge in [-0.05, 0) is 61.1 Å². The largest absolute Gasteiger partial charge is 0.472 e. The maximum absolute atomic E-state index is 13.5. The van der Waals surface area contributed by atoms with Crippen molar-refractivity contribution in [1.29, 1.82) is 0 Å². The summed E-state index contributed by atoms with van der Waals surface area (Å²) in [6.45, 7) is 0.548. The molecule has 0 atom stereocenters. The number of carbonyl (C=O) groups is 1. The molecule has 6 rings (SSSR count). The van der Waals surface area contributed by atoms with Crippen molar-refractivity contribution >= 4 is 50.7 Å². The van der Waals surface area contributed by atoms with Gasteiger partial charge < -0.3 is 15.1 Å². The number of carbonyl (C=O) groups excluding carboxylic acids is 1. The molecule has 0 radical (unpaired) electrons. The van der Waals surface area contributed by atoms with Crippen LogP contribution in [0.1, 0.15) is 5.56 Å². The molecule has 6 aromatic rings. The van der Waals surface area contributed by atoms with Gasteiger partial charge in [-0.15, -0.1) is 0 Å². The molecule has 1 amide bonds. The van der Waals surface area contributed by atoms with Gasteiger partial charge in [-0.1, -0.05) is 42.5 Å². The van der Waals surface area contributed by atoms with Gasteiger partial charge >= 0.3 is 12.1 Å². The molecule has 0 unspecified atom stereocenters. The molecule has 42 heavy (non-hydrogen) atoms. The Morgan fingerprint density at radius 1 is 0.857 bits per heavy atom. The van der Waals surface area contributed by atoms with Gasteiger partial charge in [0.1, 0.15) is 23.3 Å². The van der Waals surface area contributed by atoms with Crippen molar-refractivity contribution in [1.82, 2.24) is 15.3 Å². The Morgan fingerprint density at radius 2 is 1.55 bits per heavy atom. The number of fused-ring (bicyclic) bond motifs is 3. The highest BCUT2D eigenvalue weighted by Gasteiger charge is 2.43. The number of nitrogens with one attached hydrogen (secondary N) is 2. The lowest BCUT2D eigenvalue weighted by atomic mass is 10.1. The Balaban J connectivity index is 1.28. The van der Waals surface area contributed by atoms with E-state index in [2.05, 4.69) is 20.6 Å². The first-order valence-corrected chi connectivity index (χ1v) is 13.1. The number of hydrogen-bond donors (Lipinski definition) is 2. The van der Waals surface area contributed by atoms with E-state index in [-0.39, 0.29) is 11.4 Å². The predicted molar refractivity (Wildman–Crippen MR) is 157 cm³/mol. The van der Waals surface area contributed by atoms with Gasteiger partial charge in [0.2, 0.25) is 0 Å². The number of hydrogen-bond acceptors (Lipinski definition) is 6. The fraction of sp³-hybridized carbons (Fsp3) is 0.0938. The molecule has 2 heterocycles. The molecular weight excluding hydrogens is 543 g/mol. The van der Waals surface area contributed by atoms with Crippen LogP contribution >= 0.6 is 0 Å². The van der Waals surface area contributed by atoms with Gasteiger partial charge in [-0.2, -0.15) is 13.2 Å². The van der Waals surface area contributed by atoms with Crippen LogP contribution in [0, 0.1) is 0 Å². The number of alkyl halides is 3. The smallest absolute Gasteiger partial charge is 0.455 e. The van der Waals surface area contributed by atoms with Crippen molar-refractivity contribution in [3.05, 3.63) is 109 Å². The quantitative estimate of drug-likeness (QED) is 0.205. The molecule has 0 aliphatic heterocycles. The van der Waals surface area contributed by atoms with Gasteiger partial charge in [0.05, 0.1) is 5.69 Å². The van der Waals surface area contributed by atoms with Crippen LogP contribution in [0.4, 0.5) is 36.1 Å². The number of aromatic nitrogens is 2. The predicted octanol–water partition coefficient (Wildman–Crippen LogP) is 7.73. The van der Waals surface area contributed by atoms with E-state index in [0.717, 1.165) is 27.5 Å². The first kappa shape index (κ1) is 27.0. The van der Waals surface area contributed by atoms with Crippen molar-refractivity contribution in [2.45, 2.75) is 12.7 Å². The van der Waals surface area contributed by atoms with E-state index in [1.807, 2.05) is 42.5 Å². The molecule has 0 aliphatic carbocycles. The van der Waals surface area contributed by atoms with Crippen LogP contribution < -0.4 is 15.5 Å². The second-order valence-corrected chi connectivity index (χ2v) is 9.58.